The van der Waals surface area contributed by atoms with Crippen molar-refractivity contribution in [3.63, 3.8) is 0 Å². The lowest BCUT2D eigenvalue weighted by Gasteiger charge is -2.05. The number of aliphatic hydroxyl groups is 1. The topological polar surface area (TPSA) is 20.2 Å². The minimum atomic E-state index is -0.396. The molecular formula is C9H14OSi. The molecule has 0 radical (unpaired) electrons. The standard InChI is InChI=1S/C9H14OSi/c1-7-4-3-5-9(8(7)2)11-6-10/h3-5,10H,6,11H2,1-2H3. The highest BCUT2D eigenvalue weighted by Crippen LogP contribution is 2.01. The Morgan fingerprint density at radius 1 is 1.36 bits per heavy atom. The van der Waals surface area contributed by atoms with E-state index in [1.807, 2.05) is 0 Å². The molecule has 0 saturated carbocycles. The largest absolute Gasteiger partial charge is 0.400 e. The van der Waals surface area contributed by atoms with Crippen molar-refractivity contribution >= 4 is 14.7 Å². The molecule has 1 rings (SSSR count). The molecule has 0 unspecified atom stereocenters. The molecule has 1 N–H and O–H groups in total. The van der Waals surface area contributed by atoms with Crippen molar-refractivity contribution in [2.75, 3.05) is 6.23 Å². The van der Waals surface area contributed by atoms with Crippen molar-refractivity contribution in [1.29, 1.82) is 0 Å². The van der Waals surface area contributed by atoms with Crippen LogP contribution in [-0.4, -0.2) is 20.9 Å². The monoisotopic (exact) mass is 166 g/mol. The lowest BCUT2D eigenvalue weighted by molar-refractivity contribution is 0.367. The number of hydrogen-bond acceptors (Lipinski definition) is 1. The smallest absolute Gasteiger partial charge is 0.0848 e. The van der Waals surface area contributed by atoms with Crippen molar-refractivity contribution in [3.8, 4) is 0 Å². The number of benzene rings is 1. The average molecular weight is 166 g/mol. The molecule has 0 saturated heterocycles. The van der Waals surface area contributed by atoms with Crippen LogP contribution in [0.5, 0.6) is 0 Å². The second-order valence-electron chi connectivity index (χ2n) is 2.83. The molecule has 0 bridgehead atoms. The second-order valence-corrected chi connectivity index (χ2v) is 4.54. The zero-order valence-electron chi connectivity index (χ0n) is 7.09. The van der Waals surface area contributed by atoms with Gasteiger partial charge in [0, 0.05) is 6.23 Å². The molecule has 0 heterocycles. The summed E-state index contributed by atoms with van der Waals surface area (Å²) in [6.07, 6.45) is 0.379. The molecule has 0 spiro atoms. The molecule has 0 aliphatic rings. The van der Waals surface area contributed by atoms with Crippen LogP contribution in [0.1, 0.15) is 11.1 Å². The number of aliphatic hydroxyl groups excluding tert-OH is 1. The Labute approximate surface area is 69.9 Å². The van der Waals surface area contributed by atoms with E-state index in [4.69, 9.17) is 5.11 Å². The molecule has 2 heteroatoms. The fourth-order valence-corrected chi connectivity index (χ4v) is 2.40. The van der Waals surface area contributed by atoms with E-state index in [-0.39, 0.29) is 0 Å². The molecule has 60 valence electrons. The van der Waals surface area contributed by atoms with Crippen LogP contribution in [0.3, 0.4) is 0 Å². The van der Waals surface area contributed by atoms with Gasteiger partial charge in [-0.25, -0.2) is 0 Å². The van der Waals surface area contributed by atoms with Crippen molar-refractivity contribution in [2.24, 2.45) is 0 Å². The maximum Gasteiger partial charge on any atom is 0.0848 e. The van der Waals surface area contributed by atoms with Gasteiger partial charge in [0.1, 0.15) is 0 Å². The van der Waals surface area contributed by atoms with Crippen LogP contribution >= 0.6 is 0 Å². The van der Waals surface area contributed by atoms with Gasteiger partial charge in [-0.1, -0.05) is 23.4 Å². The van der Waals surface area contributed by atoms with E-state index in [1.165, 1.54) is 16.3 Å². The predicted octanol–water partition coefficient (Wildman–Crippen LogP) is 0.0473. The van der Waals surface area contributed by atoms with E-state index in [1.54, 1.807) is 0 Å². The molecule has 11 heavy (non-hydrogen) atoms. The minimum absolute atomic E-state index is 0.379. The first-order chi connectivity index (χ1) is 5.25. The molecule has 0 aromatic heterocycles. The number of aryl methyl sites for hydroxylation is 1. The highest BCUT2D eigenvalue weighted by molar-refractivity contribution is 6.53. The van der Waals surface area contributed by atoms with Gasteiger partial charge in [0.05, 0.1) is 9.52 Å². The molecule has 1 aromatic carbocycles. The van der Waals surface area contributed by atoms with Crippen LogP contribution in [0.25, 0.3) is 0 Å². The molecule has 0 atom stereocenters. The molecule has 0 aliphatic heterocycles. The molecule has 0 amide bonds. The molecule has 0 fully saturated rings. The highest BCUT2D eigenvalue weighted by atomic mass is 28.2. The first-order valence-corrected chi connectivity index (χ1v) is 5.62. The predicted molar refractivity (Wildman–Crippen MR) is 51.2 cm³/mol. The van der Waals surface area contributed by atoms with Crippen LogP contribution in [0.15, 0.2) is 18.2 Å². The summed E-state index contributed by atoms with van der Waals surface area (Å²) in [5.41, 5.74) is 2.71. The van der Waals surface area contributed by atoms with E-state index in [9.17, 15) is 0 Å². The zero-order valence-corrected chi connectivity index (χ0v) is 8.51. The van der Waals surface area contributed by atoms with E-state index < -0.39 is 9.52 Å². The molecule has 1 aromatic rings. The maximum absolute atomic E-state index is 8.80. The summed E-state index contributed by atoms with van der Waals surface area (Å²) in [7, 11) is -0.396. The van der Waals surface area contributed by atoms with Crippen molar-refractivity contribution in [2.45, 2.75) is 13.8 Å². The van der Waals surface area contributed by atoms with Gasteiger partial charge in [-0.05, 0) is 25.0 Å². The minimum Gasteiger partial charge on any atom is -0.400 e. The third-order valence-corrected chi connectivity index (χ3v) is 3.63. The fourth-order valence-electron chi connectivity index (χ4n) is 1.20. The van der Waals surface area contributed by atoms with Gasteiger partial charge in [0.2, 0.25) is 0 Å². The number of hydrogen-bond donors (Lipinski definition) is 1. The van der Waals surface area contributed by atoms with Crippen molar-refractivity contribution in [3.05, 3.63) is 29.3 Å². The highest BCUT2D eigenvalue weighted by Gasteiger charge is 1.98. The van der Waals surface area contributed by atoms with Gasteiger partial charge in [0.25, 0.3) is 0 Å². The van der Waals surface area contributed by atoms with Gasteiger partial charge < -0.3 is 5.11 Å². The summed E-state index contributed by atoms with van der Waals surface area (Å²) in [5.74, 6) is 0. The lowest BCUT2D eigenvalue weighted by atomic mass is 10.1. The van der Waals surface area contributed by atoms with Crippen LogP contribution in [-0.2, 0) is 0 Å². The third kappa shape index (κ3) is 1.91. The van der Waals surface area contributed by atoms with Crippen molar-refractivity contribution in [1.82, 2.24) is 0 Å². The van der Waals surface area contributed by atoms with Gasteiger partial charge >= 0.3 is 0 Å². The van der Waals surface area contributed by atoms with Crippen LogP contribution < -0.4 is 5.19 Å². The quantitative estimate of drug-likeness (QED) is 0.615. The molecule has 0 aliphatic carbocycles. The van der Waals surface area contributed by atoms with Gasteiger partial charge in [-0.2, -0.15) is 0 Å². The second kappa shape index (κ2) is 3.69. The van der Waals surface area contributed by atoms with Gasteiger partial charge in [-0.3, -0.25) is 0 Å². The summed E-state index contributed by atoms with van der Waals surface area (Å²) in [6, 6.07) is 6.32. The van der Waals surface area contributed by atoms with Crippen molar-refractivity contribution < 1.29 is 5.11 Å². The van der Waals surface area contributed by atoms with Gasteiger partial charge in [-0.15, -0.1) is 0 Å². The summed E-state index contributed by atoms with van der Waals surface area (Å²) in [4.78, 5) is 0. The Morgan fingerprint density at radius 2 is 2.09 bits per heavy atom. The fraction of sp³-hybridized carbons (Fsp3) is 0.333. The van der Waals surface area contributed by atoms with Crippen LogP contribution in [0, 0.1) is 13.8 Å². The van der Waals surface area contributed by atoms with E-state index >= 15 is 0 Å². The van der Waals surface area contributed by atoms with Gasteiger partial charge in [0.15, 0.2) is 0 Å². The summed E-state index contributed by atoms with van der Waals surface area (Å²) < 4.78 is 0. The van der Waals surface area contributed by atoms with Crippen LogP contribution in [0.2, 0.25) is 0 Å². The first-order valence-electron chi connectivity index (χ1n) is 3.91. The Bertz CT molecular complexity index is 245. The Kier molecular flexibility index (Phi) is 2.85. The number of rotatable bonds is 2. The van der Waals surface area contributed by atoms with E-state index in [0.717, 1.165) is 0 Å². The summed E-state index contributed by atoms with van der Waals surface area (Å²) in [6.45, 7) is 4.25. The van der Waals surface area contributed by atoms with Crippen LogP contribution in [0.4, 0.5) is 0 Å². The zero-order chi connectivity index (χ0) is 8.27. The average Bonchev–Trinajstić information content (AvgIpc) is 1.99. The van der Waals surface area contributed by atoms with E-state index in [2.05, 4.69) is 32.0 Å². The Morgan fingerprint density at radius 3 is 2.73 bits per heavy atom. The summed E-state index contributed by atoms with van der Waals surface area (Å²) in [5, 5.41) is 10.2. The molecule has 1 nitrogen and oxygen atoms in total. The Balaban J connectivity index is 2.96. The SMILES string of the molecule is Cc1cccc([SiH2]CO)c1C. The van der Waals surface area contributed by atoms with E-state index in [0.29, 0.717) is 6.23 Å². The third-order valence-electron chi connectivity index (χ3n) is 2.10. The molecular weight excluding hydrogens is 152 g/mol. The normalized spacial score (nSPS) is 11.2. The lowest BCUT2D eigenvalue weighted by Crippen LogP contribution is -2.21. The maximum atomic E-state index is 8.80. The Hall–Kier alpha value is -0.603. The first kappa shape index (κ1) is 8.49. The summed E-state index contributed by atoms with van der Waals surface area (Å²) >= 11 is 0.